The van der Waals surface area contributed by atoms with Gasteiger partial charge in [0.2, 0.25) is 0 Å². The minimum atomic E-state index is 0.0210. The highest BCUT2D eigenvalue weighted by Crippen LogP contribution is 1.92. The van der Waals surface area contributed by atoms with E-state index in [1.54, 1.807) is 0 Å². The summed E-state index contributed by atoms with van der Waals surface area (Å²) in [5, 5.41) is 8.75. The van der Waals surface area contributed by atoms with E-state index in [1.165, 1.54) is 0 Å². The second-order valence-corrected chi connectivity index (χ2v) is 2.62. The van der Waals surface area contributed by atoms with Crippen molar-refractivity contribution in [2.75, 3.05) is 39.6 Å². The van der Waals surface area contributed by atoms with E-state index in [2.05, 4.69) is 5.92 Å². The summed E-state index contributed by atoms with van der Waals surface area (Å²) >= 11 is 0. The number of aliphatic hydroxyl groups is 1. The lowest BCUT2D eigenvalue weighted by Gasteiger charge is -2.11. The van der Waals surface area contributed by atoms with Crippen LogP contribution in [-0.2, 0) is 9.47 Å². The second-order valence-electron chi connectivity index (χ2n) is 2.62. The van der Waals surface area contributed by atoms with Gasteiger partial charge in [-0.2, -0.15) is 0 Å². The van der Waals surface area contributed by atoms with E-state index in [9.17, 15) is 0 Å². The van der Waals surface area contributed by atoms with Crippen LogP contribution in [0.5, 0.6) is 0 Å². The third kappa shape index (κ3) is 7.75. The molecular formula is C9H17NO3. The third-order valence-electron chi connectivity index (χ3n) is 1.50. The fourth-order valence-electron chi connectivity index (χ4n) is 0.694. The normalized spacial score (nSPS) is 12.4. The maximum atomic E-state index is 8.75. The zero-order chi connectivity index (χ0) is 9.94. The van der Waals surface area contributed by atoms with Crippen molar-refractivity contribution in [1.29, 1.82) is 0 Å². The van der Waals surface area contributed by atoms with Gasteiger partial charge < -0.3 is 20.3 Å². The summed E-state index contributed by atoms with van der Waals surface area (Å²) in [5.74, 6) is 2.37. The monoisotopic (exact) mass is 187 g/mol. The Morgan fingerprint density at radius 3 is 2.62 bits per heavy atom. The van der Waals surface area contributed by atoms with Crippen LogP contribution >= 0.6 is 0 Å². The topological polar surface area (TPSA) is 64.7 Å². The predicted molar refractivity (Wildman–Crippen MR) is 50.1 cm³/mol. The van der Waals surface area contributed by atoms with Gasteiger partial charge in [-0.05, 0) is 6.54 Å². The summed E-state index contributed by atoms with van der Waals surface area (Å²) in [6.07, 6.45) is 4.97. The minimum absolute atomic E-state index is 0.0210. The lowest BCUT2D eigenvalue weighted by atomic mass is 10.2. The van der Waals surface area contributed by atoms with Crippen LogP contribution in [0.25, 0.3) is 0 Å². The maximum absolute atomic E-state index is 8.75. The molecule has 0 aliphatic heterocycles. The molecule has 0 aromatic carbocycles. The third-order valence-corrected chi connectivity index (χ3v) is 1.50. The van der Waals surface area contributed by atoms with Gasteiger partial charge in [-0.25, -0.2) is 0 Å². The van der Waals surface area contributed by atoms with Crippen molar-refractivity contribution in [3.8, 4) is 12.3 Å². The van der Waals surface area contributed by atoms with E-state index in [0.717, 1.165) is 0 Å². The van der Waals surface area contributed by atoms with Crippen molar-refractivity contribution >= 4 is 0 Å². The van der Waals surface area contributed by atoms with Crippen LogP contribution in [0.15, 0.2) is 0 Å². The molecule has 3 N–H and O–H groups in total. The van der Waals surface area contributed by atoms with E-state index in [4.69, 9.17) is 26.7 Å². The Hall–Kier alpha value is -0.600. The van der Waals surface area contributed by atoms with Crippen molar-refractivity contribution in [3.63, 3.8) is 0 Å². The van der Waals surface area contributed by atoms with Crippen LogP contribution < -0.4 is 5.73 Å². The molecule has 1 unspecified atom stereocenters. The average molecular weight is 187 g/mol. The molecule has 0 aliphatic rings. The minimum Gasteiger partial charge on any atom is -0.396 e. The average Bonchev–Trinajstić information content (AvgIpc) is 2.17. The molecule has 0 rings (SSSR count). The van der Waals surface area contributed by atoms with E-state index in [-0.39, 0.29) is 12.5 Å². The zero-order valence-corrected chi connectivity index (χ0v) is 7.74. The van der Waals surface area contributed by atoms with E-state index in [0.29, 0.717) is 33.0 Å². The molecule has 76 valence electrons. The Bertz CT molecular complexity index is 140. The quantitative estimate of drug-likeness (QED) is 0.386. The lowest BCUT2D eigenvalue weighted by Crippen LogP contribution is -2.24. The van der Waals surface area contributed by atoms with Gasteiger partial charge in [0.15, 0.2) is 0 Å². The highest BCUT2D eigenvalue weighted by atomic mass is 16.5. The molecule has 0 heterocycles. The van der Waals surface area contributed by atoms with Crippen molar-refractivity contribution < 1.29 is 14.6 Å². The highest BCUT2D eigenvalue weighted by molar-refractivity contribution is 4.82. The molecule has 1 atom stereocenters. The Kier molecular flexibility index (Phi) is 9.05. The summed E-state index contributed by atoms with van der Waals surface area (Å²) in [7, 11) is 0. The van der Waals surface area contributed by atoms with Crippen LogP contribution in [-0.4, -0.2) is 44.7 Å². The molecule has 0 saturated heterocycles. The van der Waals surface area contributed by atoms with E-state index >= 15 is 0 Å². The number of terminal acetylenes is 1. The number of hydrogen-bond donors (Lipinski definition) is 2. The maximum Gasteiger partial charge on any atom is 0.107 e. The van der Waals surface area contributed by atoms with Crippen LogP contribution in [0.4, 0.5) is 0 Å². The molecule has 4 heteroatoms. The molecule has 4 nitrogen and oxygen atoms in total. The highest BCUT2D eigenvalue weighted by Gasteiger charge is 2.03. The standard InChI is InChI=1S/C9H17NO3/c1-2-3-12-4-5-13-8-9(6-10)7-11/h1,9,11H,3-8,10H2. The summed E-state index contributed by atoms with van der Waals surface area (Å²) < 4.78 is 10.2. The molecule has 0 amide bonds. The van der Waals surface area contributed by atoms with Gasteiger partial charge in [0.25, 0.3) is 0 Å². The number of hydrogen-bond acceptors (Lipinski definition) is 4. The molecule has 0 saturated carbocycles. The fraction of sp³-hybridized carbons (Fsp3) is 0.778. The Morgan fingerprint density at radius 1 is 1.38 bits per heavy atom. The Balaban J connectivity index is 3.11. The number of nitrogens with two attached hydrogens (primary N) is 1. The largest absolute Gasteiger partial charge is 0.396 e. The van der Waals surface area contributed by atoms with Crippen molar-refractivity contribution in [2.24, 2.45) is 11.7 Å². The zero-order valence-electron chi connectivity index (χ0n) is 7.74. The van der Waals surface area contributed by atoms with Crippen LogP contribution in [0.1, 0.15) is 0 Å². The smallest absolute Gasteiger partial charge is 0.107 e. The van der Waals surface area contributed by atoms with Gasteiger partial charge in [-0.1, -0.05) is 5.92 Å². The van der Waals surface area contributed by atoms with Crippen molar-refractivity contribution in [2.45, 2.75) is 0 Å². The van der Waals surface area contributed by atoms with Crippen molar-refractivity contribution in [1.82, 2.24) is 0 Å². The predicted octanol–water partition coefficient (Wildman–Crippen LogP) is -0.780. The summed E-state index contributed by atoms with van der Waals surface area (Å²) in [4.78, 5) is 0. The molecule has 0 aromatic rings. The molecule has 0 aromatic heterocycles. The van der Waals surface area contributed by atoms with Crippen LogP contribution in [0.3, 0.4) is 0 Å². The van der Waals surface area contributed by atoms with E-state index < -0.39 is 0 Å². The molecule has 0 spiro atoms. The van der Waals surface area contributed by atoms with Crippen molar-refractivity contribution in [3.05, 3.63) is 0 Å². The first kappa shape index (κ1) is 12.4. The lowest BCUT2D eigenvalue weighted by molar-refractivity contribution is 0.0332. The SMILES string of the molecule is C#CCOCCOCC(CN)CO. The second kappa shape index (κ2) is 9.49. The first-order chi connectivity index (χ1) is 6.35. The van der Waals surface area contributed by atoms with Crippen LogP contribution in [0, 0.1) is 18.3 Å². The van der Waals surface area contributed by atoms with Gasteiger partial charge in [-0.15, -0.1) is 6.42 Å². The van der Waals surface area contributed by atoms with Gasteiger partial charge >= 0.3 is 0 Å². The number of rotatable bonds is 8. The first-order valence-electron chi connectivity index (χ1n) is 4.25. The number of ether oxygens (including phenoxy) is 2. The van der Waals surface area contributed by atoms with Gasteiger partial charge in [0, 0.05) is 12.5 Å². The fourth-order valence-corrected chi connectivity index (χ4v) is 0.694. The summed E-state index contributed by atoms with van der Waals surface area (Å²) in [6.45, 7) is 2.23. The summed E-state index contributed by atoms with van der Waals surface area (Å²) in [5.41, 5.74) is 5.35. The Labute approximate surface area is 79.0 Å². The van der Waals surface area contributed by atoms with Gasteiger partial charge in [0.05, 0.1) is 19.8 Å². The number of aliphatic hydroxyl groups excluding tert-OH is 1. The molecular weight excluding hydrogens is 170 g/mol. The molecule has 0 aliphatic carbocycles. The molecule has 0 radical (unpaired) electrons. The first-order valence-corrected chi connectivity index (χ1v) is 4.25. The van der Waals surface area contributed by atoms with Crippen LogP contribution in [0.2, 0.25) is 0 Å². The molecule has 0 fully saturated rings. The summed E-state index contributed by atoms with van der Waals surface area (Å²) in [6, 6.07) is 0. The Morgan fingerprint density at radius 2 is 2.08 bits per heavy atom. The molecule has 0 bridgehead atoms. The van der Waals surface area contributed by atoms with Gasteiger partial charge in [0.1, 0.15) is 6.61 Å². The van der Waals surface area contributed by atoms with E-state index in [1.807, 2.05) is 0 Å². The van der Waals surface area contributed by atoms with Gasteiger partial charge in [-0.3, -0.25) is 0 Å². The molecule has 13 heavy (non-hydrogen) atoms.